The van der Waals surface area contributed by atoms with Crippen LogP contribution in [0.1, 0.15) is 61.6 Å². The van der Waals surface area contributed by atoms with Crippen LogP contribution in [0.25, 0.3) is 21.6 Å². The number of nitrogen functional groups attached to an aromatic ring is 1. The van der Waals surface area contributed by atoms with Crippen molar-refractivity contribution < 1.29 is 17.7 Å². The van der Waals surface area contributed by atoms with Gasteiger partial charge in [0.2, 0.25) is 0 Å². The monoisotopic (exact) mass is 534 g/mol. The maximum absolute atomic E-state index is 9.53. The predicted octanol–water partition coefficient (Wildman–Crippen LogP) is 4.94. The van der Waals surface area contributed by atoms with Gasteiger partial charge in [-0.2, -0.15) is 0 Å². The first-order chi connectivity index (χ1) is 17.0. The summed E-state index contributed by atoms with van der Waals surface area (Å²) in [5.41, 5.74) is 17.2. The van der Waals surface area contributed by atoms with Crippen molar-refractivity contribution in [2.24, 2.45) is 5.11 Å². The van der Waals surface area contributed by atoms with Crippen LogP contribution in [0.3, 0.4) is 0 Å². The largest absolute Gasteiger partial charge is 0.414 e. The number of hydrogen-bond acceptors (Lipinski definition) is 9. The third-order valence-electron chi connectivity index (χ3n) is 7.49. The highest BCUT2D eigenvalue weighted by Gasteiger charge is 2.61. The smallest absolute Gasteiger partial charge is 0.335 e. The molecule has 4 heterocycles. The first kappa shape index (κ1) is 27.0. The molecule has 2 aromatic heterocycles. The summed E-state index contributed by atoms with van der Waals surface area (Å²) in [5.74, 6) is 0.270. The van der Waals surface area contributed by atoms with Crippen molar-refractivity contribution in [2.45, 2.75) is 102 Å². The van der Waals surface area contributed by atoms with Gasteiger partial charge in [0.25, 0.3) is 0 Å². The Morgan fingerprint density at radius 2 is 1.67 bits per heavy atom. The number of hydrogen-bond donors (Lipinski definition) is 1. The van der Waals surface area contributed by atoms with Crippen molar-refractivity contribution in [2.75, 3.05) is 12.3 Å². The molecule has 0 amide bonds. The minimum atomic E-state index is -2.91. The van der Waals surface area contributed by atoms with Crippen LogP contribution in [0.2, 0.25) is 22.2 Å². The van der Waals surface area contributed by atoms with Crippen LogP contribution in [0, 0.1) is 0 Å². The average molecular weight is 535 g/mol. The molecule has 0 bridgehead atoms. The lowest BCUT2D eigenvalue weighted by Crippen LogP contribution is -2.65. The number of fused-ring (bicyclic) bond motifs is 2. The third-order valence-corrected chi connectivity index (χ3v) is 17.7. The van der Waals surface area contributed by atoms with Crippen LogP contribution in [0.15, 0.2) is 17.8 Å². The summed E-state index contributed by atoms with van der Waals surface area (Å²) >= 11 is 0. The molecule has 2 N–H and O–H groups in total. The van der Waals surface area contributed by atoms with Crippen molar-refractivity contribution >= 4 is 34.1 Å². The van der Waals surface area contributed by atoms with E-state index in [1.54, 1.807) is 10.9 Å². The predicted molar refractivity (Wildman–Crippen MR) is 140 cm³/mol. The third kappa shape index (κ3) is 4.24. The van der Waals surface area contributed by atoms with E-state index >= 15 is 0 Å². The number of aromatic nitrogens is 4. The molecule has 36 heavy (non-hydrogen) atoms. The van der Waals surface area contributed by atoms with Gasteiger partial charge >= 0.3 is 17.1 Å². The molecule has 4 rings (SSSR count). The zero-order valence-electron chi connectivity index (χ0n) is 22.3. The molecule has 2 aromatic rings. The maximum Gasteiger partial charge on any atom is 0.335 e. The zero-order chi connectivity index (χ0) is 26.4. The Morgan fingerprint density at radius 3 is 2.25 bits per heavy atom. The molecule has 0 aromatic carbocycles. The highest BCUT2D eigenvalue weighted by Crippen LogP contribution is 2.49. The molecule has 0 saturated carbocycles. The van der Waals surface area contributed by atoms with Crippen molar-refractivity contribution in [1.29, 1.82) is 0 Å². The van der Waals surface area contributed by atoms with E-state index in [-0.39, 0.29) is 34.6 Å². The van der Waals surface area contributed by atoms with Crippen LogP contribution in [-0.2, 0) is 17.7 Å². The van der Waals surface area contributed by atoms with E-state index in [0.29, 0.717) is 11.2 Å². The van der Waals surface area contributed by atoms with Gasteiger partial charge in [0.15, 0.2) is 11.5 Å². The van der Waals surface area contributed by atoms with E-state index in [1.165, 1.54) is 6.33 Å². The molecule has 12 nitrogen and oxygen atoms in total. The highest BCUT2D eigenvalue weighted by molar-refractivity contribution is 6.84. The van der Waals surface area contributed by atoms with Crippen LogP contribution in [-0.4, -0.2) is 61.5 Å². The Kier molecular flexibility index (Phi) is 7.50. The second-order valence-corrected chi connectivity index (χ2v) is 19.7. The van der Waals surface area contributed by atoms with E-state index < -0.39 is 41.6 Å². The van der Waals surface area contributed by atoms with Gasteiger partial charge in [0.05, 0.1) is 19.0 Å². The Bertz CT molecular complexity index is 1120. The van der Waals surface area contributed by atoms with E-state index in [2.05, 4.69) is 80.4 Å². The molecular formula is C22H38N8O4Si2. The maximum atomic E-state index is 9.53. The second kappa shape index (κ2) is 10.0. The molecule has 2 aliphatic rings. The lowest BCUT2D eigenvalue weighted by atomic mass is 10.1. The molecular weight excluding hydrogens is 496 g/mol. The van der Waals surface area contributed by atoms with Crippen molar-refractivity contribution in [3.05, 3.63) is 23.1 Å². The van der Waals surface area contributed by atoms with Gasteiger partial charge in [0, 0.05) is 4.91 Å². The molecule has 2 saturated heterocycles. The van der Waals surface area contributed by atoms with Crippen LogP contribution in [0.4, 0.5) is 5.82 Å². The van der Waals surface area contributed by atoms with Crippen LogP contribution in [0.5, 0.6) is 0 Å². The first-order valence-electron chi connectivity index (χ1n) is 12.6. The summed E-state index contributed by atoms with van der Waals surface area (Å²) in [4.78, 5) is 15.9. The zero-order valence-corrected chi connectivity index (χ0v) is 24.3. The molecule has 0 aliphatic carbocycles. The van der Waals surface area contributed by atoms with Crippen LogP contribution < -0.4 is 5.73 Å². The lowest BCUT2D eigenvalue weighted by Gasteiger charge is -2.51. The molecule has 2 aliphatic heterocycles. The number of nitrogens with zero attached hydrogens (tertiary/aromatic N) is 7. The Morgan fingerprint density at radius 1 is 1.03 bits per heavy atom. The fourth-order valence-corrected chi connectivity index (χ4v) is 16.8. The van der Waals surface area contributed by atoms with Gasteiger partial charge in [-0.1, -0.05) is 60.5 Å². The normalized spacial score (nSPS) is 27.9. The summed E-state index contributed by atoms with van der Waals surface area (Å²) in [6.07, 6.45) is 1.26. The van der Waals surface area contributed by atoms with Gasteiger partial charge < -0.3 is 23.4 Å². The van der Waals surface area contributed by atoms with E-state index in [4.69, 9.17) is 23.4 Å². The van der Waals surface area contributed by atoms with Gasteiger partial charge in [0.1, 0.15) is 30.2 Å². The minimum absolute atomic E-state index is 0.136. The Labute approximate surface area is 214 Å². The molecule has 2 fully saturated rings. The summed E-state index contributed by atoms with van der Waals surface area (Å²) in [5, 5.41) is 4.17. The molecule has 0 spiro atoms. The summed E-state index contributed by atoms with van der Waals surface area (Å²) < 4.78 is 29.5. The van der Waals surface area contributed by atoms with Crippen molar-refractivity contribution in [3.63, 3.8) is 0 Å². The minimum Gasteiger partial charge on any atom is -0.414 e. The second-order valence-electron chi connectivity index (χ2n) is 10.9. The molecule has 4 atom stereocenters. The molecule has 198 valence electrons. The number of anilines is 1. The molecule has 14 heteroatoms. The number of imidazole rings is 1. The van der Waals surface area contributed by atoms with Crippen molar-refractivity contribution in [1.82, 2.24) is 19.5 Å². The molecule has 0 unspecified atom stereocenters. The summed E-state index contributed by atoms with van der Waals surface area (Å²) in [7, 11) is -5.64. The number of nitrogens with two attached hydrogens (primary N) is 1. The standard InChI is InChI=1S/C22H38N8O4Si2/c1-12(2)35(13(3)4)31-9-16-19(33-36(34-35,14(5)6)15(7)8)17(28-29-24)22(32-16)30-11-27-18-20(23)25-10-26-21(18)30/h10-17,19,22H,9H2,1-8H3,(H2,23,25,26)/t16-,17-,19-,22-/m1/s1. The first-order valence-corrected chi connectivity index (χ1v) is 16.6. The summed E-state index contributed by atoms with van der Waals surface area (Å²) in [6, 6.07) is -0.683. The lowest BCUT2D eigenvalue weighted by molar-refractivity contribution is -0.0546. The van der Waals surface area contributed by atoms with Crippen LogP contribution >= 0.6 is 0 Å². The summed E-state index contributed by atoms with van der Waals surface area (Å²) in [6.45, 7) is 17.6. The Balaban J connectivity index is 1.84. The van der Waals surface area contributed by atoms with Crippen molar-refractivity contribution in [3.8, 4) is 0 Å². The van der Waals surface area contributed by atoms with Gasteiger partial charge in [-0.05, 0) is 27.7 Å². The SMILES string of the molecule is CC(C)[Si]1(C(C)C)OC[C@H]2O[C@@H](n3cnc4c(N)ncnc43)[C@H](N=[N+]=[N-])[C@@H]2O[Si](C(C)C)(C(C)C)O1. The number of ether oxygens (including phenoxy) is 1. The topological polar surface area (TPSA) is 155 Å². The quantitative estimate of drug-likeness (QED) is 0.236. The van der Waals surface area contributed by atoms with E-state index in [1.807, 2.05) is 0 Å². The van der Waals surface area contributed by atoms with Gasteiger partial charge in [-0.3, -0.25) is 4.57 Å². The number of azide groups is 1. The highest BCUT2D eigenvalue weighted by atomic mass is 28.5. The van der Waals surface area contributed by atoms with Gasteiger partial charge in [-0.15, -0.1) is 0 Å². The van der Waals surface area contributed by atoms with E-state index in [9.17, 15) is 5.53 Å². The number of rotatable bonds is 6. The average Bonchev–Trinajstić information content (AvgIpc) is 3.36. The fourth-order valence-electron chi connectivity index (χ4n) is 5.61. The fraction of sp³-hybridized carbons (Fsp3) is 0.773. The van der Waals surface area contributed by atoms with E-state index in [0.717, 1.165) is 0 Å². The van der Waals surface area contributed by atoms with Gasteiger partial charge in [-0.25, -0.2) is 15.0 Å². The molecule has 0 radical (unpaired) electrons. The Hall–Kier alpha value is -2.07.